The van der Waals surface area contributed by atoms with E-state index in [1.165, 1.54) is 0 Å². The normalized spacial score (nSPS) is 37.3. The highest BCUT2D eigenvalue weighted by molar-refractivity contribution is 5.85. The molecule has 35 nitrogen and oxygen atoms in total. The monoisotopic (exact) mass is 1620 g/mol. The lowest BCUT2D eigenvalue weighted by Gasteiger charge is -2.69. The minimum Gasteiger partial charge on any atom is -0.463 e. The van der Waals surface area contributed by atoms with Gasteiger partial charge in [0.15, 0.2) is 98.4 Å². The van der Waals surface area contributed by atoms with Gasteiger partial charge in [0.25, 0.3) is 0 Å². The minimum atomic E-state index is -1.93. The Kier molecular flexibility index (Phi) is 30.3. The maximum atomic E-state index is 16.2. The molecule has 8 rings (SSSR count). The summed E-state index contributed by atoms with van der Waals surface area (Å²) >= 11 is 0. The fourth-order valence-corrected chi connectivity index (χ4v) is 19.5. The zero-order chi connectivity index (χ0) is 84.8. The zero-order valence-corrected chi connectivity index (χ0v) is 68.9. The van der Waals surface area contributed by atoms with Crippen LogP contribution in [0.4, 0.5) is 0 Å². The fourth-order valence-electron chi connectivity index (χ4n) is 19.5. The molecule has 4 saturated heterocycles. The molecule has 4 saturated carbocycles. The highest BCUT2D eigenvalue weighted by Crippen LogP contribution is 2.76. The topological polar surface area (TPSA) is 433 Å². The third kappa shape index (κ3) is 21.1. The van der Waals surface area contributed by atoms with Gasteiger partial charge >= 0.3 is 77.6 Å². The summed E-state index contributed by atoms with van der Waals surface area (Å²) in [5.74, 6) is -13.0. The zero-order valence-electron chi connectivity index (χ0n) is 68.9. The van der Waals surface area contributed by atoms with Crippen molar-refractivity contribution in [3.63, 3.8) is 0 Å². The van der Waals surface area contributed by atoms with Gasteiger partial charge in [0.05, 0.1) is 24.9 Å². The van der Waals surface area contributed by atoms with E-state index in [0.717, 1.165) is 95.6 Å². The quantitative estimate of drug-likeness (QED) is 0.0371. The molecule has 1 unspecified atom stereocenters. The van der Waals surface area contributed by atoms with Crippen molar-refractivity contribution in [1.82, 2.24) is 0 Å². The number of fused-ring (bicyclic) bond motifs is 5. The number of hydrogen-bond acceptors (Lipinski definition) is 35. The van der Waals surface area contributed by atoms with Crippen molar-refractivity contribution in [3.05, 3.63) is 11.6 Å². The standard InChI is InChI=1S/C79H114O35/c1-36(2)23-22-27-79(21,114-74-70(108-49(15)92)66(105-46(12)89)62(101-42(8)85)55(111-74)35-97-71-67(106-47(13)90)63(102-43(9)86)52(34-96-71)98-39(5)82)50-24-29-78(20)59(50)51(93)31-57-76(18)28-26-58(75(16,17)56(76)25-30-77(57,78)19)112-72-69(65(104-45(11)88)61(100-41(7)84)53(109-72)32-94-37(3)80)113-73-68(107-48(14)91)64(103-44(10)87)60(99-40(6)83)54(110-73)33-95-38(4)81/h23,50,52-74H,22,24-35H2,1-21H3/t50-,52+,53+,54+,55+,56?,57+,58-,59-,60+,61+,62+,63+,64-,65-,66-,67-,68+,69+,70+,71-,72-,73-,74-,76-,77+,78+,79-/m0/s1. The highest BCUT2D eigenvalue weighted by atomic mass is 16.8. The Morgan fingerprint density at radius 3 is 1.26 bits per heavy atom. The molecular weight excluding hydrogens is 1510 g/mol. The van der Waals surface area contributed by atoms with Crippen LogP contribution in [0.15, 0.2) is 11.6 Å². The van der Waals surface area contributed by atoms with Gasteiger partial charge in [0, 0.05) is 102 Å². The summed E-state index contributed by atoms with van der Waals surface area (Å²) in [6.45, 7) is 28.3. The van der Waals surface area contributed by atoms with Gasteiger partial charge < -0.3 is 99.5 Å². The first kappa shape index (κ1) is 91.7. The van der Waals surface area contributed by atoms with Gasteiger partial charge in [-0.3, -0.25) is 67.1 Å². The Morgan fingerprint density at radius 1 is 0.412 bits per heavy atom. The van der Waals surface area contributed by atoms with Crippen molar-refractivity contribution in [2.45, 2.75) is 332 Å². The summed E-state index contributed by atoms with van der Waals surface area (Å²) in [6, 6.07) is 0. The van der Waals surface area contributed by atoms with E-state index in [1.54, 1.807) is 0 Å². The average molecular weight is 1620 g/mol. The van der Waals surface area contributed by atoms with E-state index < -0.39 is 266 Å². The lowest BCUT2D eigenvalue weighted by molar-refractivity contribution is -0.379. The van der Waals surface area contributed by atoms with E-state index in [9.17, 15) is 62.3 Å². The summed E-state index contributed by atoms with van der Waals surface area (Å²) in [4.78, 5) is 184. The molecular formula is C79H114O35. The van der Waals surface area contributed by atoms with Crippen molar-refractivity contribution >= 4 is 83.4 Å². The average Bonchev–Trinajstić information content (AvgIpc) is 1.38. The van der Waals surface area contributed by atoms with Crippen LogP contribution in [-0.4, -0.2) is 238 Å². The van der Waals surface area contributed by atoms with Gasteiger partial charge in [-0.15, -0.1) is 0 Å². The summed E-state index contributed by atoms with van der Waals surface area (Å²) in [7, 11) is 0. The summed E-state index contributed by atoms with van der Waals surface area (Å²) in [5.41, 5.74) is -3.11. The van der Waals surface area contributed by atoms with E-state index in [0.29, 0.717) is 44.9 Å². The summed E-state index contributed by atoms with van der Waals surface area (Å²) < 4.78 is 128. The van der Waals surface area contributed by atoms with E-state index >= 15 is 4.79 Å². The van der Waals surface area contributed by atoms with Crippen LogP contribution in [0, 0.1) is 45.3 Å². The number of carbonyl (C=O) groups is 14. The number of rotatable bonds is 28. The van der Waals surface area contributed by atoms with E-state index in [1.807, 2.05) is 40.7 Å². The Bertz CT molecular complexity index is 3600. The lowest BCUT2D eigenvalue weighted by Crippen LogP contribution is -2.68. The molecule has 4 aliphatic carbocycles. The van der Waals surface area contributed by atoms with Crippen molar-refractivity contribution in [2.24, 2.45) is 45.3 Å². The molecule has 0 N–H and O–H groups in total. The number of ether oxygens (including phenoxy) is 21. The molecule has 114 heavy (non-hydrogen) atoms. The smallest absolute Gasteiger partial charge is 0.303 e. The number of ketones is 1. The van der Waals surface area contributed by atoms with Gasteiger partial charge in [-0.25, -0.2) is 0 Å². The Hall–Kier alpha value is -7.80. The van der Waals surface area contributed by atoms with Crippen molar-refractivity contribution in [2.75, 3.05) is 26.4 Å². The third-order valence-electron chi connectivity index (χ3n) is 23.9. The van der Waals surface area contributed by atoms with E-state index in [2.05, 4.69) is 20.8 Å². The second-order valence-electron chi connectivity index (χ2n) is 32.8. The second-order valence-corrected chi connectivity index (χ2v) is 32.8. The minimum absolute atomic E-state index is 0.0223. The maximum absolute atomic E-state index is 16.2. The van der Waals surface area contributed by atoms with Gasteiger partial charge in [-0.1, -0.05) is 46.3 Å². The molecule has 8 fully saturated rings. The molecule has 4 heterocycles. The van der Waals surface area contributed by atoms with Crippen LogP contribution in [0.25, 0.3) is 0 Å². The first-order valence-electron chi connectivity index (χ1n) is 38.7. The molecule has 0 bridgehead atoms. The predicted molar refractivity (Wildman–Crippen MR) is 383 cm³/mol. The molecule has 0 radical (unpaired) electrons. The molecule has 28 atom stereocenters. The van der Waals surface area contributed by atoms with Crippen LogP contribution in [0.5, 0.6) is 0 Å². The lowest BCUT2D eigenvalue weighted by atomic mass is 9.35. The molecule has 4 aliphatic heterocycles. The molecule has 0 amide bonds. The molecule has 0 aromatic carbocycles. The first-order valence-corrected chi connectivity index (χ1v) is 38.7. The molecule has 0 spiro atoms. The summed E-state index contributed by atoms with van der Waals surface area (Å²) in [5, 5.41) is 0. The molecule has 0 aromatic heterocycles. The van der Waals surface area contributed by atoms with Gasteiger partial charge in [-0.2, -0.15) is 0 Å². The molecule has 8 aliphatic rings. The fraction of sp³-hybridized carbons (Fsp3) is 0.797. The number of allylic oxidation sites excluding steroid dienone is 2. The van der Waals surface area contributed by atoms with Gasteiger partial charge in [0.1, 0.15) is 37.3 Å². The number of Topliss-reactive ketones (excluding diaryl/α,β-unsaturated/α-hetero) is 1. The van der Waals surface area contributed by atoms with E-state index in [4.69, 9.17) is 99.5 Å². The number of hydrogen-bond donors (Lipinski definition) is 0. The summed E-state index contributed by atoms with van der Waals surface area (Å²) in [6.07, 6.45) is -25.9. The van der Waals surface area contributed by atoms with Crippen LogP contribution in [-0.2, 0) is 167 Å². The number of esters is 13. The third-order valence-corrected chi connectivity index (χ3v) is 23.9. The Balaban J connectivity index is 1.15. The predicted octanol–water partition coefficient (Wildman–Crippen LogP) is 6.07. The van der Waals surface area contributed by atoms with E-state index in [-0.39, 0.29) is 30.5 Å². The van der Waals surface area contributed by atoms with Crippen molar-refractivity contribution in [3.8, 4) is 0 Å². The van der Waals surface area contributed by atoms with Crippen LogP contribution in [0.1, 0.15) is 203 Å². The van der Waals surface area contributed by atoms with Crippen LogP contribution in [0.2, 0.25) is 0 Å². The van der Waals surface area contributed by atoms with Crippen LogP contribution >= 0.6 is 0 Å². The highest BCUT2D eigenvalue weighted by Gasteiger charge is 2.73. The molecule has 0 aromatic rings. The van der Waals surface area contributed by atoms with Crippen LogP contribution in [0.3, 0.4) is 0 Å². The second kappa shape index (κ2) is 37.6. The largest absolute Gasteiger partial charge is 0.463 e. The SMILES string of the molecule is CC(=O)OC[C@H]1O[C@@H](O[C@H]2[C@H](O[C@H]3CC[C@@]4(C)C(CC[C@]5(C)[C@@H]4CC(=O)[C@@H]4[C@@H]([C@](C)(CCC=C(C)C)O[C@@H]6O[C@H](CO[C@@H]7OC[C@@H](OC(C)=O)[C@@H](OC(C)=O)[C@@H]7OC(C)=O)[C@@H](OC(C)=O)[C@H](OC(C)=O)[C@H]6OC(C)=O)CC[C@]45C)C3(C)C)O[C@H](COC(C)=O)[C@@H](OC(C)=O)[C@@H]2OC(C)=O)[C@H](OC(C)=O)[C@@H](OC(C)=O)[C@@H]1OC(C)=O. The molecule has 35 heteroatoms. The number of carbonyl (C=O) groups excluding carboxylic acids is 14. The molecule has 640 valence electrons. The van der Waals surface area contributed by atoms with Crippen molar-refractivity contribution in [1.29, 1.82) is 0 Å². The van der Waals surface area contributed by atoms with Gasteiger partial charge in [-0.05, 0) is 112 Å². The van der Waals surface area contributed by atoms with Crippen LogP contribution < -0.4 is 0 Å². The Labute approximate surface area is 662 Å². The Morgan fingerprint density at radius 2 is 0.807 bits per heavy atom. The van der Waals surface area contributed by atoms with Crippen molar-refractivity contribution < 1.29 is 167 Å². The first-order chi connectivity index (χ1) is 53.1. The maximum Gasteiger partial charge on any atom is 0.303 e. The van der Waals surface area contributed by atoms with Gasteiger partial charge in [0.2, 0.25) is 0 Å².